The maximum atomic E-state index is 12.6. The monoisotopic (exact) mass is 322 g/mol. The number of aryl methyl sites for hydroxylation is 2. The first kappa shape index (κ1) is 13.9. The number of aromatic nitrogens is 3. The van der Waals surface area contributed by atoms with Crippen LogP contribution in [0.15, 0.2) is 42.7 Å². The van der Waals surface area contributed by atoms with Gasteiger partial charge in [-0.25, -0.2) is 9.97 Å². The van der Waals surface area contributed by atoms with Gasteiger partial charge in [0.05, 0.1) is 21.5 Å². The molecule has 1 aromatic carbocycles. The Morgan fingerprint density at radius 2 is 2.09 bits per heavy atom. The van der Waals surface area contributed by atoms with Crippen molar-refractivity contribution in [2.75, 3.05) is 5.32 Å². The molecule has 0 aliphatic heterocycles. The van der Waals surface area contributed by atoms with E-state index in [1.54, 1.807) is 6.07 Å². The average molecular weight is 322 g/mol. The van der Waals surface area contributed by atoms with Gasteiger partial charge in [-0.1, -0.05) is 17.4 Å². The molecule has 0 spiro atoms. The molecule has 6 heteroatoms. The minimum Gasteiger partial charge on any atom is -0.306 e. The number of hydrogen-bond acceptors (Lipinski definition) is 4. The molecule has 23 heavy (non-hydrogen) atoms. The first-order valence-corrected chi connectivity index (χ1v) is 8.05. The number of nitrogens with one attached hydrogen (secondary N) is 1. The van der Waals surface area contributed by atoms with Crippen LogP contribution in [-0.2, 0) is 0 Å². The summed E-state index contributed by atoms with van der Waals surface area (Å²) in [7, 11) is 0. The Hall–Kier alpha value is -2.73. The summed E-state index contributed by atoms with van der Waals surface area (Å²) in [6, 6.07) is 9.66. The minimum absolute atomic E-state index is 0.197. The zero-order valence-electron chi connectivity index (χ0n) is 12.7. The molecule has 1 amide bonds. The Balaban J connectivity index is 1.70. The highest BCUT2D eigenvalue weighted by Crippen LogP contribution is 2.27. The Kier molecular flexibility index (Phi) is 3.12. The number of carbonyl (C=O) groups is 1. The second-order valence-corrected chi connectivity index (χ2v) is 6.51. The molecule has 0 radical (unpaired) electrons. The number of thiazole rings is 1. The Labute approximate surface area is 136 Å². The van der Waals surface area contributed by atoms with Crippen LogP contribution < -0.4 is 5.32 Å². The number of imidazole rings is 1. The molecule has 0 aliphatic rings. The Bertz CT molecular complexity index is 1050. The second-order valence-electron chi connectivity index (χ2n) is 5.48. The molecule has 3 aromatic heterocycles. The number of rotatable bonds is 2. The van der Waals surface area contributed by atoms with Gasteiger partial charge in [-0.3, -0.25) is 10.1 Å². The highest BCUT2D eigenvalue weighted by molar-refractivity contribution is 7.22. The topological polar surface area (TPSA) is 59.3 Å². The van der Waals surface area contributed by atoms with Gasteiger partial charge in [-0.15, -0.1) is 0 Å². The number of anilines is 1. The summed E-state index contributed by atoms with van der Waals surface area (Å²) in [5.74, 6) is -0.197. The van der Waals surface area contributed by atoms with Crippen molar-refractivity contribution in [3.8, 4) is 0 Å². The van der Waals surface area contributed by atoms with Crippen molar-refractivity contribution in [2.45, 2.75) is 13.8 Å². The predicted molar refractivity (Wildman–Crippen MR) is 92.2 cm³/mol. The average Bonchev–Trinajstić information content (AvgIpc) is 3.07. The van der Waals surface area contributed by atoms with E-state index in [-0.39, 0.29) is 5.91 Å². The highest BCUT2D eigenvalue weighted by Gasteiger charge is 2.14. The van der Waals surface area contributed by atoms with Crippen molar-refractivity contribution in [1.82, 2.24) is 14.4 Å². The van der Waals surface area contributed by atoms with Crippen molar-refractivity contribution < 1.29 is 4.79 Å². The van der Waals surface area contributed by atoms with E-state index in [0.29, 0.717) is 16.3 Å². The van der Waals surface area contributed by atoms with E-state index in [2.05, 4.69) is 21.4 Å². The van der Waals surface area contributed by atoms with Crippen molar-refractivity contribution in [3.05, 3.63) is 59.5 Å². The lowest BCUT2D eigenvalue weighted by molar-refractivity contribution is 0.102. The number of hydrogen-bond donors (Lipinski definition) is 1. The molecule has 4 rings (SSSR count). The maximum absolute atomic E-state index is 12.6. The molecule has 0 unspecified atom stereocenters. The van der Waals surface area contributed by atoms with Crippen LogP contribution >= 0.6 is 11.3 Å². The summed E-state index contributed by atoms with van der Waals surface area (Å²) < 4.78 is 2.92. The molecular weight excluding hydrogens is 308 g/mol. The molecule has 0 bridgehead atoms. The van der Waals surface area contributed by atoms with E-state index in [0.717, 1.165) is 15.9 Å². The van der Waals surface area contributed by atoms with Gasteiger partial charge in [0.25, 0.3) is 5.91 Å². The normalized spacial score (nSPS) is 11.2. The van der Waals surface area contributed by atoms with Gasteiger partial charge in [0.2, 0.25) is 0 Å². The molecule has 1 N–H and O–H groups in total. The summed E-state index contributed by atoms with van der Waals surface area (Å²) in [5.41, 5.74) is 4.14. The summed E-state index contributed by atoms with van der Waals surface area (Å²) in [4.78, 5) is 21.5. The first-order chi connectivity index (χ1) is 11.1. The largest absolute Gasteiger partial charge is 0.306 e. The molecule has 0 fully saturated rings. The van der Waals surface area contributed by atoms with Crippen LogP contribution in [0.4, 0.5) is 5.13 Å². The van der Waals surface area contributed by atoms with E-state index in [1.165, 1.54) is 16.9 Å². The summed E-state index contributed by atoms with van der Waals surface area (Å²) >= 11 is 1.47. The van der Waals surface area contributed by atoms with Crippen molar-refractivity contribution >= 4 is 38.2 Å². The Morgan fingerprint density at radius 3 is 2.96 bits per heavy atom. The number of fused-ring (bicyclic) bond motifs is 2. The van der Waals surface area contributed by atoms with E-state index in [4.69, 9.17) is 0 Å². The number of carbonyl (C=O) groups excluding carboxylic acids is 1. The van der Waals surface area contributed by atoms with E-state index >= 15 is 0 Å². The van der Waals surface area contributed by atoms with Crippen LogP contribution in [0.2, 0.25) is 0 Å². The lowest BCUT2D eigenvalue weighted by atomic mass is 10.2. The fourth-order valence-corrected chi connectivity index (χ4v) is 3.52. The molecule has 114 valence electrons. The fourth-order valence-electron chi connectivity index (χ4n) is 2.56. The SMILES string of the molecule is Cc1ccc2nc(NC(=O)c3cccn4cc(C)nc34)sc2c1. The zero-order chi connectivity index (χ0) is 16.0. The number of amides is 1. The van der Waals surface area contributed by atoms with Crippen LogP contribution in [0, 0.1) is 13.8 Å². The lowest BCUT2D eigenvalue weighted by Gasteiger charge is -2.03. The molecule has 0 saturated heterocycles. The smallest absolute Gasteiger partial charge is 0.261 e. The van der Waals surface area contributed by atoms with Crippen molar-refractivity contribution in [2.24, 2.45) is 0 Å². The van der Waals surface area contributed by atoms with Crippen LogP contribution in [0.5, 0.6) is 0 Å². The summed E-state index contributed by atoms with van der Waals surface area (Å²) in [6.45, 7) is 3.95. The van der Waals surface area contributed by atoms with Crippen molar-refractivity contribution in [3.63, 3.8) is 0 Å². The minimum atomic E-state index is -0.197. The van der Waals surface area contributed by atoms with Gasteiger partial charge in [0.1, 0.15) is 5.65 Å². The van der Waals surface area contributed by atoms with Gasteiger partial charge in [-0.05, 0) is 43.7 Å². The summed E-state index contributed by atoms with van der Waals surface area (Å²) in [5, 5.41) is 3.48. The Morgan fingerprint density at radius 1 is 1.22 bits per heavy atom. The van der Waals surface area contributed by atoms with Gasteiger partial charge in [0, 0.05) is 12.4 Å². The molecule has 0 atom stereocenters. The van der Waals surface area contributed by atoms with Gasteiger partial charge in [-0.2, -0.15) is 0 Å². The van der Waals surface area contributed by atoms with E-state index < -0.39 is 0 Å². The number of pyridine rings is 1. The number of nitrogens with zero attached hydrogens (tertiary/aromatic N) is 3. The first-order valence-electron chi connectivity index (χ1n) is 7.23. The third-order valence-corrected chi connectivity index (χ3v) is 4.55. The van der Waals surface area contributed by atoms with Crippen LogP contribution in [0.25, 0.3) is 15.9 Å². The van der Waals surface area contributed by atoms with E-state index in [9.17, 15) is 4.79 Å². The molecule has 5 nitrogen and oxygen atoms in total. The number of benzene rings is 1. The quantitative estimate of drug-likeness (QED) is 0.610. The van der Waals surface area contributed by atoms with E-state index in [1.807, 2.05) is 48.8 Å². The van der Waals surface area contributed by atoms with Crippen molar-refractivity contribution in [1.29, 1.82) is 0 Å². The third-order valence-electron chi connectivity index (χ3n) is 3.61. The lowest BCUT2D eigenvalue weighted by Crippen LogP contribution is -2.13. The third kappa shape index (κ3) is 2.47. The van der Waals surface area contributed by atoms with Crippen LogP contribution in [0.1, 0.15) is 21.6 Å². The van der Waals surface area contributed by atoms with Crippen LogP contribution in [0.3, 0.4) is 0 Å². The van der Waals surface area contributed by atoms with Crippen LogP contribution in [-0.4, -0.2) is 20.3 Å². The molecule has 3 heterocycles. The second kappa shape index (κ2) is 5.17. The molecule has 4 aromatic rings. The summed E-state index contributed by atoms with van der Waals surface area (Å²) in [6.07, 6.45) is 3.78. The highest BCUT2D eigenvalue weighted by atomic mass is 32.1. The molecular formula is C17H14N4OS. The van der Waals surface area contributed by atoms with Gasteiger partial charge >= 0.3 is 0 Å². The zero-order valence-corrected chi connectivity index (χ0v) is 13.5. The standard InChI is InChI=1S/C17H14N4OS/c1-10-5-6-13-14(8-10)23-17(19-13)20-16(22)12-4-3-7-21-9-11(2)18-15(12)21/h3-9H,1-2H3,(H,19,20,22). The molecule has 0 aliphatic carbocycles. The predicted octanol–water partition coefficient (Wildman–Crippen LogP) is 3.81. The fraction of sp³-hybridized carbons (Fsp3) is 0.118. The maximum Gasteiger partial charge on any atom is 0.261 e. The van der Waals surface area contributed by atoms with Gasteiger partial charge in [0.15, 0.2) is 5.13 Å². The van der Waals surface area contributed by atoms with Gasteiger partial charge < -0.3 is 4.40 Å². The molecule has 0 saturated carbocycles.